The van der Waals surface area contributed by atoms with Crippen LogP contribution in [0.4, 0.5) is 0 Å². The molecular formula is C41H79NO6S. The number of carbonyl (C=O) groups excluding carboxylic acids is 2. The zero-order valence-electron chi connectivity index (χ0n) is 32.6. The molecule has 0 aliphatic carbocycles. The highest BCUT2D eigenvalue weighted by Gasteiger charge is 2.32. The molecule has 0 rings (SSSR count). The number of rotatable bonds is 38. The van der Waals surface area contributed by atoms with Crippen LogP contribution in [0.15, 0.2) is 0 Å². The quantitative estimate of drug-likeness (QED) is 0.0373. The molecule has 0 aromatic heterocycles. The zero-order valence-corrected chi connectivity index (χ0v) is 33.4. The summed E-state index contributed by atoms with van der Waals surface area (Å²) in [6, 6.07) is -1.05. The number of thioether (sulfide) groups is 1. The van der Waals surface area contributed by atoms with Crippen molar-refractivity contribution in [1.29, 1.82) is 0 Å². The molecule has 0 heterocycles. The number of carboxylic acids is 1. The molecule has 0 aliphatic heterocycles. The Kier molecular flexibility index (Phi) is 34.2. The fraction of sp³-hybridized carbons (Fsp3) is 0.927. The molecule has 0 bridgehead atoms. The SMILES string of the molecule is CCCCCCCCCCCCCCCCCC(=O)OC(C)(COC)SC[C@H](NC(=O)CCCCCCCCCCCCCCC)C(=O)O. The number of hydrogen-bond donors (Lipinski definition) is 2. The number of hydrogen-bond acceptors (Lipinski definition) is 6. The molecule has 0 fully saturated rings. The van der Waals surface area contributed by atoms with Crippen LogP contribution in [0.2, 0.25) is 0 Å². The van der Waals surface area contributed by atoms with Crippen LogP contribution in [-0.2, 0) is 23.9 Å². The summed E-state index contributed by atoms with van der Waals surface area (Å²) in [7, 11) is 1.54. The van der Waals surface area contributed by atoms with Crippen LogP contribution in [0, 0.1) is 0 Å². The Morgan fingerprint density at radius 2 is 0.939 bits per heavy atom. The Morgan fingerprint density at radius 3 is 1.29 bits per heavy atom. The van der Waals surface area contributed by atoms with Gasteiger partial charge in [-0.05, 0) is 19.8 Å². The van der Waals surface area contributed by atoms with Crippen molar-refractivity contribution < 1.29 is 29.0 Å². The van der Waals surface area contributed by atoms with Gasteiger partial charge in [0.15, 0.2) is 4.93 Å². The van der Waals surface area contributed by atoms with Gasteiger partial charge in [0.2, 0.25) is 5.91 Å². The maximum Gasteiger partial charge on any atom is 0.327 e. The van der Waals surface area contributed by atoms with Crippen LogP contribution in [0.5, 0.6) is 0 Å². The summed E-state index contributed by atoms with van der Waals surface area (Å²) < 4.78 is 11.1. The molecule has 1 amide bonds. The summed E-state index contributed by atoms with van der Waals surface area (Å²) in [5.41, 5.74) is 0. The van der Waals surface area contributed by atoms with Gasteiger partial charge in [-0.1, -0.05) is 181 Å². The number of nitrogens with one attached hydrogen (secondary N) is 1. The lowest BCUT2D eigenvalue weighted by molar-refractivity contribution is -0.153. The van der Waals surface area contributed by atoms with Gasteiger partial charge in [-0.25, -0.2) is 4.79 Å². The number of carboxylic acid groups (broad SMARTS) is 1. The fourth-order valence-corrected chi connectivity index (χ4v) is 7.40. The number of aliphatic carboxylic acids is 1. The van der Waals surface area contributed by atoms with Gasteiger partial charge in [0.05, 0.1) is 6.61 Å². The number of ether oxygens (including phenoxy) is 2. The lowest BCUT2D eigenvalue weighted by Gasteiger charge is -2.29. The number of carbonyl (C=O) groups is 3. The van der Waals surface area contributed by atoms with E-state index in [1.807, 2.05) is 0 Å². The summed E-state index contributed by atoms with van der Waals surface area (Å²) >= 11 is 1.20. The van der Waals surface area contributed by atoms with Crippen molar-refractivity contribution in [2.75, 3.05) is 19.5 Å². The standard InChI is InChI=1S/C41H79NO6S/c1-5-7-9-11-13-15-17-19-20-22-24-26-28-30-32-34-39(44)48-41(3,36-47-4)49-35-37(40(45)46)42-38(43)33-31-29-27-25-23-21-18-16-14-12-10-8-6-2/h37H,5-36H2,1-4H3,(H,42,43)(H,45,46)/t37-,41?/m0/s1. The molecule has 2 N–H and O–H groups in total. The predicted octanol–water partition coefficient (Wildman–Crippen LogP) is 11.9. The van der Waals surface area contributed by atoms with Gasteiger partial charge >= 0.3 is 11.9 Å². The van der Waals surface area contributed by atoms with Crippen molar-refractivity contribution in [3.05, 3.63) is 0 Å². The first-order valence-corrected chi connectivity index (χ1v) is 21.6. The van der Waals surface area contributed by atoms with Crippen LogP contribution in [0.3, 0.4) is 0 Å². The molecule has 0 saturated heterocycles. The molecule has 0 aliphatic rings. The second kappa shape index (κ2) is 35.1. The maximum absolute atomic E-state index is 12.6. The van der Waals surface area contributed by atoms with E-state index in [1.54, 1.807) is 6.92 Å². The smallest absolute Gasteiger partial charge is 0.327 e. The number of unbranched alkanes of at least 4 members (excludes halogenated alkanes) is 26. The number of methoxy groups -OCH3 is 1. The number of esters is 1. The molecule has 0 spiro atoms. The highest BCUT2D eigenvalue weighted by Crippen LogP contribution is 2.29. The van der Waals surface area contributed by atoms with E-state index in [1.165, 1.54) is 160 Å². The molecule has 0 aromatic rings. The fourth-order valence-electron chi connectivity index (χ4n) is 6.30. The largest absolute Gasteiger partial charge is 0.480 e. The first-order chi connectivity index (χ1) is 23.8. The van der Waals surface area contributed by atoms with Crippen LogP contribution >= 0.6 is 11.8 Å². The molecule has 1 unspecified atom stereocenters. The Hall–Kier alpha value is -1.28. The summed E-state index contributed by atoms with van der Waals surface area (Å²) in [5.74, 6) is -1.53. The minimum atomic E-state index is -1.09. The van der Waals surface area contributed by atoms with Crippen LogP contribution in [-0.4, -0.2) is 53.4 Å². The van der Waals surface area contributed by atoms with Gasteiger partial charge in [-0.3, -0.25) is 9.59 Å². The van der Waals surface area contributed by atoms with Gasteiger partial charge in [-0.15, -0.1) is 11.8 Å². The normalized spacial score (nSPS) is 13.2. The summed E-state index contributed by atoms with van der Waals surface area (Å²) in [5, 5.41) is 12.4. The third kappa shape index (κ3) is 32.4. The molecule has 290 valence electrons. The van der Waals surface area contributed by atoms with Gasteiger partial charge < -0.3 is 19.9 Å². The number of amides is 1. The Balaban J connectivity index is 4.08. The molecular weight excluding hydrogens is 635 g/mol. The highest BCUT2D eigenvalue weighted by molar-refractivity contribution is 8.00. The Labute approximate surface area is 307 Å². The predicted molar refractivity (Wildman–Crippen MR) is 208 cm³/mol. The van der Waals surface area contributed by atoms with Crippen molar-refractivity contribution >= 4 is 29.6 Å². The molecule has 49 heavy (non-hydrogen) atoms. The van der Waals surface area contributed by atoms with Gasteiger partial charge in [0.1, 0.15) is 6.04 Å². The van der Waals surface area contributed by atoms with Crippen LogP contribution in [0.25, 0.3) is 0 Å². The van der Waals surface area contributed by atoms with Gasteiger partial charge in [0, 0.05) is 25.7 Å². The van der Waals surface area contributed by atoms with Crippen molar-refractivity contribution in [2.24, 2.45) is 0 Å². The third-order valence-electron chi connectivity index (χ3n) is 9.42. The van der Waals surface area contributed by atoms with Gasteiger partial charge in [0.25, 0.3) is 0 Å². The molecule has 7 nitrogen and oxygen atoms in total. The van der Waals surface area contributed by atoms with E-state index in [0.29, 0.717) is 12.8 Å². The first-order valence-electron chi connectivity index (χ1n) is 20.6. The van der Waals surface area contributed by atoms with Crippen LogP contribution in [0.1, 0.15) is 213 Å². The molecule has 2 atom stereocenters. The lowest BCUT2D eigenvalue weighted by atomic mass is 10.0. The van der Waals surface area contributed by atoms with Crippen molar-refractivity contribution in [3.8, 4) is 0 Å². The van der Waals surface area contributed by atoms with Gasteiger partial charge in [-0.2, -0.15) is 0 Å². The monoisotopic (exact) mass is 714 g/mol. The van der Waals surface area contributed by atoms with Crippen molar-refractivity contribution in [1.82, 2.24) is 5.32 Å². The van der Waals surface area contributed by atoms with E-state index in [-0.39, 0.29) is 24.2 Å². The topological polar surface area (TPSA) is 102 Å². The lowest BCUT2D eigenvalue weighted by Crippen LogP contribution is -2.44. The second-order valence-electron chi connectivity index (χ2n) is 14.5. The van der Waals surface area contributed by atoms with Crippen molar-refractivity contribution in [3.63, 3.8) is 0 Å². The van der Waals surface area contributed by atoms with Crippen LogP contribution < -0.4 is 5.32 Å². The average Bonchev–Trinajstić information content (AvgIpc) is 3.06. The summed E-state index contributed by atoms with van der Waals surface area (Å²) in [6.07, 6.45) is 35.8. The zero-order chi connectivity index (χ0) is 36.3. The summed E-state index contributed by atoms with van der Waals surface area (Å²) in [6.45, 7) is 6.41. The maximum atomic E-state index is 12.6. The minimum Gasteiger partial charge on any atom is -0.480 e. The first kappa shape index (κ1) is 47.7. The van der Waals surface area contributed by atoms with E-state index in [0.717, 1.165) is 38.5 Å². The van der Waals surface area contributed by atoms with E-state index in [4.69, 9.17) is 9.47 Å². The Morgan fingerprint density at radius 1 is 0.592 bits per heavy atom. The van der Waals surface area contributed by atoms with E-state index in [9.17, 15) is 19.5 Å². The molecule has 0 aromatic carbocycles. The second-order valence-corrected chi connectivity index (χ2v) is 16.0. The Bertz CT molecular complexity index is 781. The highest BCUT2D eigenvalue weighted by atomic mass is 32.2. The molecule has 0 radical (unpaired) electrons. The third-order valence-corrected chi connectivity index (χ3v) is 10.7. The molecule has 0 saturated carbocycles. The average molecular weight is 714 g/mol. The van der Waals surface area contributed by atoms with Crippen molar-refractivity contribution in [2.45, 2.75) is 224 Å². The van der Waals surface area contributed by atoms with E-state index < -0.39 is 16.9 Å². The minimum absolute atomic E-state index is 0.0891. The van der Waals surface area contributed by atoms with E-state index in [2.05, 4.69) is 19.2 Å². The summed E-state index contributed by atoms with van der Waals surface area (Å²) in [4.78, 5) is 36.1. The molecule has 8 heteroatoms. The van der Waals surface area contributed by atoms with E-state index >= 15 is 0 Å².